The molecule has 0 saturated heterocycles. The van der Waals surface area contributed by atoms with Gasteiger partial charge >= 0.3 is 0 Å². The Kier molecular flexibility index (Phi) is 6.02. The van der Waals surface area contributed by atoms with Crippen molar-refractivity contribution in [2.75, 3.05) is 12.8 Å². The standard InChI is InChI=1S/C24H25N5O3/c1-14-18(4-3-5-19(14)24(31)28-16-8-9-16)22-26-13-20(21(25)29-22)23(30)27-12-15-6-10-17(32-2)11-7-15/h3-7,10-11,13,16H,8-9,12H2,1-2H3,(H,27,30)(H,28,31)(H2,25,26,29). The molecule has 8 heteroatoms. The summed E-state index contributed by atoms with van der Waals surface area (Å²) >= 11 is 0. The average Bonchev–Trinajstić information content (AvgIpc) is 3.61. The van der Waals surface area contributed by atoms with Gasteiger partial charge in [0.2, 0.25) is 0 Å². The quantitative estimate of drug-likeness (QED) is 0.529. The van der Waals surface area contributed by atoms with Crippen molar-refractivity contribution in [2.24, 2.45) is 0 Å². The lowest BCUT2D eigenvalue weighted by Gasteiger charge is -2.12. The van der Waals surface area contributed by atoms with E-state index in [-0.39, 0.29) is 29.2 Å². The Hall–Kier alpha value is -3.94. The summed E-state index contributed by atoms with van der Waals surface area (Å²) in [5.74, 6) is 0.730. The van der Waals surface area contributed by atoms with Gasteiger partial charge in [-0.3, -0.25) is 9.59 Å². The first-order valence-electron chi connectivity index (χ1n) is 10.4. The van der Waals surface area contributed by atoms with Gasteiger partial charge < -0.3 is 21.1 Å². The summed E-state index contributed by atoms with van der Waals surface area (Å²) in [5, 5.41) is 5.81. The Bertz CT molecular complexity index is 1160. The lowest BCUT2D eigenvalue weighted by Crippen LogP contribution is -2.26. The topological polar surface area (TPSA) is 119 Å². The van der Waals surface area contributed by atoms with E-state index in [0.29, 0.717) is 23.5 Å². The molecule has 8 nitrogen and oxygen atoms in total. The number of hydrogen-bond acceptors (Lipinski definition) is 6. The lowest BCUT2D eigenvalue weighted by atomic mass is 10.0. The van der Waals surface area contributed by atoms with Gasteiger partial charge in [-0.15, -0.1) is 0 Å². The van der Waals surface area contributed by atoms with Gasteiger partial charge in [0.25, 0.3) is 11.8 Å². The zero-order valence-electron chi connectivity index (χ0n) is 18.0. The van der Waals surface area contributed by atoms with Gasteiger partial charge in [-0.05, 0) is 49.1 Å². The molecule has 0 atom stereocenters. The van der Waals surface area contributed by atoms with E-state index in [4.69, 9.17) is 10.5 Å². The Morgan fingerprint density at radius 2 is 1.84 bits per heavy atom. The predicted molar refractivity (Wildman–Crippen MR) is 121 cm³/mol. The third-order valence-corrected chi connectivity index (χ3v) is 5.41. The minimum Gasteiger partial charge on any atom is -0.497 e. The third kappa shape index (κ3) is 4.69. The predicted octanol–water partition coefficient (Wildman–Crippen LogP) is 2.87. The van der Waals surface area contributed by atoms with Crippen molar-refractivity contribution < 1.29 is 14.3 Å². The van der Waals surface area contributed by atoms with Crippen LogP contribution in [-0.4, -0.2) is 34.9 Å². The summed E-state index contributed by atoms with van der Waals surface area (Å²) in [7, 11) is 1.60. The molecule has 2 amide bonds. The lowest BCUT2D eigenvalue weighted by molar-refractivity contribution is 0.0942. The van der Waals surface area contributed by atoms with Crippen molar-refractivity contribution in [1.29, 1.82) is 0 Å². The van der Waals surface area contributed by atoms with Crippen molar-refractivity contribution in [3.05, 3.63) is 70.9 Å². The number of methoxy groups -OCH3 is 1. The second-order valence-electron chi connectivity index (χ2n) is 7.75. The maximum absolute atomic E-state index is 12.6. The number of rotatable bonds is 7. The Morgan fingerprint density at radius 3 is 2.50 bits per heavy atom. The molecule has 1 aliphatic rings. The van der Waals surface area contributed by atoms with Crippen molar-refractivity contribution in [1.82, 2.24) is 20.6 Å². The Morgan fingerprint density at radius 1 is 1.09 bits per heavy atom. The number of carbonyl (C=O) groups is 2. The van der Waals surface area contributed by atoms with Gasteiger partial charge in [0.15, 0.2) is 5.82 Å². The number of nitrogens with two attached hydrogens (primary N) is 1. The van der Waals surface area contributed by atoms with Crippen LogP contribution < -0.4 is 21.1 Å². The Labute approximate surface area is 186 Å². The molecular weight excluding hydrogens is 406 g/mol. The van der Waals surface area contributed by atoms with Crippen LogP contribution in [0.2, 0.25) is 0 Å². The molecule has 4 rings (SSSR count). The maximum Gasteiger partial charge on any atom is 0.256 e. The Balaban J connectivity index is 1.49. The van der Waals surface area contributed by atoms with Gasteiger partial charge in [-0.2, -0.15) is 0 Å². The minimum absolute atomic E-state index is 0.0782. The van der Waals surface area contributed by atoms with Gasteiger partial charge in [-0.25, -0.2) is 9.97 Å². The molecule has 4 N–H and O–H groups in total. The van der Waals surface area contributed by atoms with Gasteiger partial charge in [0, 0.05) is 29.9 Å². The van der Waals surface area contributed by atoms with E-state index in [9.17, 15) is 9.59 Å². The first kappa shape index (κ1) is 21.3. The summed E-state index contributed by atoms with van der Waals surface area (Å²) in [6, 6.07) is 13.1. The molecule has 0 unspecified atom stereocenters. The van der Waals surface area contributed by atoms with E-state index in [2.05, 4.69) is 20.6 Å². The van der Waals surface area contributed by atoms with E-state index in [1.807, 2.05) is 37.3 Å². The molecule has 0 radical (unpaired) electrons. The SMILES string of the molecule is COc1ccc(CNC(=O)c2cnc(-c3cccc(C(=O)NC4CC4)c3C)nc2N)cc1. The third-order valence-electron chi connectivity index (χ3n) is 5.41. The number of nitrogens with zero attached hydrogens (tertiary/aromatic N) is 2. The number of aromatic nitrogens is 2. The van der Waals surface area contributed by atoms with Crippen LogP contribution in [0.25, 0.3) is 11.4 Å². The van der Waals surface area contributed by atoms with E-state index >= 15 is 0 Å². The number of nitrogen functional groups attached to an aromatic ring is 1. The van der Waals surface area contributed by atoms with Crippen LogP contribution in [0, 0.1) is 6.92 Å². The van der Waals surface area contributed by atoms with Crippen molar-refractivity contribution in [2.45, 2.75) is 32.4 Å². The summed E-state index contributed by atoms with van der Waals surface area (Å²) in [5.41, 5.74) is 9.25. The molecule has 0 bridgehead atoms. The number of nitrogens with one attached hydrogen (secondary N) is 2. The number of hydrogen-bond donors (Lipinski definition) is 3. The van der Waals surface area contributed by atoms with Crippen LogP contribution in [-0.2, 0) is 6.54 Å². The first-order chi connectivity index (χ1) is 15.5. The smallest absolute Gasteiger partial charge is 0.256 e. The van der Waals surface area contributed by atoms with Crippen LogP contribution in [0.5, 0.6) is 5.75 Å². The molecule has 1 heterocycles. The molecular formula is C24H25N5O3. The van der Waals surface area contributed by atoms with Crippen LogP contribution in [0.15, 0.2) is 48.7 Å². The molecule has 32 heavy (non-hydrogen) atoms. The van der Waals surface area contributed by atoms with Crippen molar-refractivity contribution in [3.8, 4) is 17.1 Å². The minimum atomic E-state index is -0.362. The summed E-state index contributed by atoms with van der Waals surface area (Å²) < 4.78 is 5.13. The van der Waals surface area contributed by atoms with E-state index in [0.717, 1.165) is 29.7 Å². The average molecular weight is 431 g/mol. The molecule has 0 aliphatic heterocycles. The highest BCUT2D eigenvalue weighted by molar-refractivity contribution is 5.99. The summed E-state index contributed by atoms with van der Waals surface area (Å²) in [4.78, 5) is 33.8. The fourth-order valence-electron chi connectivity index (χ4n) is 3.34. The van der Waals surface area contributed by atoms with Gasteiger partial charge in [0.05, 0.1) is 12.7 Å². The summed E-state index contributed by atoms with van der Waals surface area (Å²) in [6.07, 6.45) is 3.45. The number of amides is 2. The highest BCUT2D eigenvalue weighted by atomic mass is 16.5. The molecule has 1 aromatic heterocycles. The molecule has 1 saturated carbocycles. The zero-order valence-corrected chi connectivity index (χ0v) is 18.0. The van der Waals surface area contributed by atoms with Crippen LogP contribution in [0.4, 0.5) is 5.82 Å². The highest BCUT2D eigenvalue weighted by Gasteiger charge is 2.25. The number of anilines is 1. The number of benzene rings is 2. The molecule has 0 spiro atoms. The van der Waals surface area contributed by atoms with Crippen LogP contribution >= 0.6 is 0 Å². The fourth-order valence-corrected chi connectivity index (χ4v) is 3.34. The second kappa shape index (κ2) is 9.05. The van der Waals surface area contributed by atoms with Crippen molar-refractivity contribution >= 4 is 17.6 Å². The number of carbonyl (C=O) groups excluding carboxylic acids is 2. The molecule has 3 aromatic rings. The second-order valence-corrected chi connectivity index (χ2v) is 7.75. The molecule has 164 valence electrons. The van der Waals surface area contributed by atoms with Gasteiger partial charge in [-0.1, -0.05) is 24.3 Å². The largest absolute Gasteiger partial charge is 0.497 e. The maximum atomic E-state index is 12.6. The highest BCUT2D eigenvalue weighted by Crippen LogP contribution is 2.26. The van der Waals surface area contributed by atoms with Crippen LogP contribution in [0.1, 0.15) is 44.7 Å². The number of ether oxygens (including phenoxy) is 1. The molecule has 2 aromatic carbocycles. The normalized spacial score (nSPS) is 12.8. The monoisotopic (exact) mass is 431 g/mol. The van der Waals surface area contributed by atoms with E-state index < -0.39 is 0 Å². The van der Waals surface area contributed by atoms with E-state index in [1.54, 1.807) is 19.2 Å². The van der Waals surface area contributed by atoms with Gasteiger partial charge in [0.1, 0.15) is 11.6 Å². The van der Waals surface area contributed by atoms with E-state index in [1.165, 1.54) is 6.20 Å². The summed E-state index contributed by atoms with van der Waals surface area (Å²) in [6.45, 7) is 2.19. The van der Waals surface area contributed by atoms with Crippen LogP contribution in [0.3, 0.4) is 0 Å². The first-order valence-corrected chi connectivity index (χ1v) is 10.4. The van der Waals surface area contributed by atoms with Crippen molar-refractivity contribution in [3.63, 3.8) is 0 Å². The fraction of sp³-hybridized carbons (Fsp3) is 0.250. The zero-order chi connectivity index (χ0) is 22.7. The molecule has 1 aliphatic carbocycles. The molecule has 1 fully saturated rings.